The third kappa shape index (κ3) is 4.91. The molecule has 2 aromatic carbocycles. The molecule has 164 valence electrons. The summed E-state index contributed by atoms with van der Waals surface area (Å²) in [6.45, 7) is 0. The number of halogens is 1. The quantitative estimate of drug-likeness (QED) is 0.317. The second-order valence-corrected chi connectivity index (χ2v) is 7.99. The SMILES string of the molecule is O=C1CC(Cc2nnc(SCc3ccc([N+](=O)[O-])cc3)n2-c2ccc(F)cc2)NC(=O)N1. The van der Waals surface area contributed by atoms with Crippen molar-refractivity contribution in [1.82, 2.24) is 25.4 Å². The van der Waals surface area contributed by atoms with Crippen LogP contribution in [0.25, 0.3) is 5.69 Å². The Bertz CT molecular complexity index is 1150. The van der Waals surface area contributed by atoms with Crippen molar-refractivity contribution in [3.8, 4) is 5.69 Å². The van der Waals surface area contributed by atoms with E-state index in [0.717, 1.165) is 5.56 Å². The number of non-ortho nitro benzene ring substituents is 1. The lowest BCUT2D eigenvalue weighted by Gasteiger charge is -2.23. The minimum Gasteiger partial charge on any atom is -0.334 e. The van der Waals surface area contributed by atoms with Gasteiger partial charge in [0.05, 0.1) is 4.92 Å². The van der Waals surface area contributed by atoms with Crippen molar-refractivity contribution in [2.24, 2.45) is 0 Å². The van der Waals surface area contributed by atoms with Gasteiger partial charge in [0.1, 0.15) is 11.6 Å². The number of imide groups is 1. The van der Waals surface area contributed by atoms with Crippen LogP contribution < -0.4 is 10.6 Å². The molecule has 1 atom stereocenters. The zero-order chi connectivity index (χ0) is 22.7. The summed E-state index contributed by atoms with van der Waals surface area (Å²) in [5, 5.41) is 24.7. The van der Waals surface area contributed by atoms with Gasteiger partial charge in [-0.05, 0) is 29.8 Å². The first-order chi connectivity index (χ1) is 15.4. The van der Waals surface area contributed by atoms with Gasteiger partial charge in [-0.15, -0.1) is 10.2 Å². The third-order valence-corrected chi connectivity index (χ3v) is 5.75. The maximum Gasteiger partial charge on any atom is 0.321 e. The van der Waals surface area contributed by atoms with Gasteiger partial charge >= 0.3 is 6.03 Å². The lowest BCUT2D eigenvalue weighted by Crippen LogP contribution is -2.53. The molecule has 1 aromatic heterocycles. The van der Waals surface area contributed by atoms with E-state index in [-0.39, 0.29) is 30.3 Å². The second-order valence-electron chi connectivity index (χ2n) is 7.05. The number of nitro benzene ring substituents is 1. The monoisotopic (exact) mass is 456 g/mol. The Morgan fingerprint density at radius 3 is 2.50 bits per heavy atom. The number of urea groups is 1. The van der Waals surface area contributed by atoms with Gasteiger partial charge in [0.25, 0.3) is 5.69 Å². The number of thioether (sulfide) groups is 1. The maximum absolute atomic E-state index is 13.5. The lowest BCUT2D eigenvalue weighted by atomic mass is 10.1. The van der Waals surface area contributed by atoms with E-state index >= 15 is 0 Å². The van der Waals surface area contributed by atoms with Crippen LogP contribution in [0.15, 0.2) is 53.7 Å². The van der Waals surface area contributed by atoms with Gasteiger partial charge in [0.15, 0.2) is 5.16 Å². The number of carbonyl (C=O) groups excluding carboxylic acids is 2. The average Bonchev–Trinajstić information content (AvgIpc) is 3.14. The van der Waals surface area contributed by atoms with Gasteiger partial charge in [-0.3, -0.25) is 24.8 Å². The lowest BCUT2D eigenvalue weighted by molar-refractivity contribution is -0.384. The first-order valence-electron chi connectivity index (χ1n) is 9.56. The second kappa shape index (κ2) is 9.14. The summed E-state index contributed by atoms with van der Waals surface area (Å²) in [4.78, 5) is 33.7. The topological polar surface area (TPSA) is 132 Å². The van der Waals surface area contributed by atoms with Crippen LogP contribution in [-0.2, 0) is 17.0 Å². The Kier molecular flexibility index (Phi) is 6.12. The predicted octanol–water partition coefficient (Wildman–Crippen LogP) is 2.75. The number of nitrogens with zero attached hydrogens (tertiary/aromatic N) is 4. The molecule has 2 N–H and O–H groups in total. The van der Waals surface area contributed by atoms with Crippen molar-refractivity contribution in [2.75, 3.05) is 0 Å². The molecule has 1 unspecified atom stereocenters. The summed E-state index contributed by atoms with van der Waals surface area (Å²) in [6, 6.07) is 11.0. The minimum absolute atomic E-state index is 0.00841. The number of hydrogen-bond acceptors (Lipinski definition) is 7. The van der Waals surface area contributed by atoms with Crippen molar-refractivity contribution in [1.29, 1.82) is 0 Å². The van der Waals surface area contributed by atoms with E-state index in [4.69, 9.17) is 0 Å². The highest BCUT2D eigenvalue weighted by Gasteiger charge is 2.26. The molecule has 1 fully saturated rings. The van der Waals surface area contributed by atoms with E-state index in [1.165, 1.54) is 36.0 Å². The smallest absolute Gasteiger partial charge is 0.321 e. The molecule has 0 bridgehead atoms. The molecule has 1 aliphatic heterocycles. The van der Waals surface area contributed by atoms with Gasteiger partial charge < -0.3 is 5.32 Å². The van der Waals surface area contributed by atoms with E-state index in [9.17, 15) is 24.1 Å². The van der Waals surface area contributed by atoms with Crippen molar-refractivity contribution >= 4 is 29.4 Å². The van der Waals surface area contributed by atoms with Gasteiger partial charge in [0, 0.05) is 42.5 Å². The molecule has 32 heavy (non-hydrogen) atoms. The number of amides is 3. The Morgan fingerprint density at radius 1 is 1.12 bits per heavy atom. The van der Waals surface area contributed by atoms with Crippen molar-refractivity contribution < 1.29 is 18.9 Å². The van der Waals surface area contributed by atoms with E-state index in [0.29, 0.717) is 22.4 Å². The predicted molar refractivity (Wildman–Crippen MR) is 113 cm³/mol. The summed E-state index contributed by atoms with van der Waals surface area (Å²) in [7, 11) is 0. The van der Waals surface area contributed by atoms with Crippen LogP contribution in [0.3, 0.4) is 0 Å². The van der Waals surface area contributed by atoms with E-state index in [1.54, 1.807) is 28.8 Å². The Morgan fingerprint density at radius 2 is 1.84 bits per heavy atom. The number of hydrogen-bond donors (Lipinski definition) is 2. The molecule has 0 aliphatic carbocycles. The van der Waals surface area contributed by atoms with Crippen LogP contribution in [0, 0.1) is 15.9 Å². The van der Waals surface area contributed by atoms with Crippen molar-refractivity contribution in [3.63, 3.8) is 0 Å². The normalized spacial score (nSPS) is 15.8. The molecule has 0 spiro atoms. The van der Waals surface area contributed by atoms with Crippen LogP contribution in [-0.4, -0.2) is 37.7 Å². The largest absolute Gasteiger partial charge is 0.334 e. The molecular weight excluding hydrogens is 439 g/mol. The molecule has 4 rings (SSSR count). The van der Waals surface area contributed by atoms with Gasteiger partial charge in [0.2, 0.25) is 5.91 Å². The molecule has 3 aromatic rings. The Hall–Kier alpha value is -3.80. The number of nitrogens with one attached hydrogen (secondary N) is 2. The highest BCUT2D eigenvalue weighted by molar-refractivity contribution is 7.98. The van der Waals surface area contributed by atoms with Crippen LogP contribution in [0.5, 0.6) is 0 Å². The summed E-state index contributed by atoms with van der Waals surface area (Å²) in [5.74, 6) is 0.210. The van der Waals surface area contributed by atoms with Crippen molar-refractivity contribution in [3.05, 3.63) is 75.9 Å². The highest BCUT2D eigenvalue weighted by Crippen LogP contribution is 2.27. The van der Waals surface area contributed by atoms with Gasteiger partial charge in [-0.25, -0.2) is 9.18 Å². The molecule has 1 aliphatic rings. The summed E-state index contributed by atoms with van der Waals surface area (Å²) >= 11 is 1.36. The molecule has 0 saturated carbocycles. The number of carbonyl (C=O) groups is 2. The first kappa shape index (κ1) is 21.4. The highest BCUT2D eigenvalue weighted by atomic mass is 32.2. The molecular formula is C20H17FN6O4S. The number of aromatic nitrogens is 3. The average molecular weight is 456 g/mol. The molecule has 2 heterocycles. The fraction of sp³-hybridized carbons (Fsp3) is 0.200. The van der Waals surface area contributed by atoms with Crippen LogP contribution in [0.4, 0.5) is 14.9 Å². The summed E-state index contributed by atoms with van der Waals surface area (Å²) in [5.41, 5.74) is 1.49. The molecule has 3 amide bonds. The first-order valence-corrected chi connectivity index (χ1v) is 10.5. The van der Waals surface area contributed by atoms with Crippen LogP contribution in [0.2, 0.25) is 0 Å². The number of rotatable bonds is 7. The fourth-order valence-electron chi connectivity index (χ4n) is 3.25. The fourth-order valence-corrected chi connectivity index (χ4v) is 4.18. The maximum atomic E-state index is 13.5. The zero-order valence-corrected chi connectivity index (χ0v) is 17.3. The van der Waals surface area contributed by atoms with E-state index in [1.807, 2.05) is 0 Å². The summed E-state index contributed by atoms with van der Waals surface area (Å²) < 4.78 is 15.2. The zero-order valence-electron chi connectivity index (χ0n) is 16.5. The molecule has 1 saturated heterocycles. The number of benzene rings is 2. The minimum atomic E-state index is -0.563. The van der Waals surface area contributed by atoms with Crippen LogP contribution in [0.1, 0.15) is 17.8 Å². The molecule has 10 nitrogen and oxygen atoms in total. The van der Waals surface area contributed by atoms with Crippen molar-refractivity contribution in [2.45, 2.75) is 29.8 Å². The molecule has 0 radical (unpaired) electrons. The van der Waals surface area contributed by atoms with Gasteiger partial charge in [-0.2, -0.15) is 0 Å². The molecule has 12 heteroatoms. The van der Waals surface area contributed by atoms with Gasteiger partial charge in [-0.1, -0.05) is 23.9 Å². The number of nitro groups is 1. The Balaban J connectivity index is 1.58. The van der Waals surface area contributed by atoms with E-state index in [2.05, 4.69) is 20.8 Å². The van der Waals surface area contributed by atoms with E-state index < -0.39 is 17.0 Å². The third-order valence-electron chi connectivity index (χ3n) is 4.75. The Labute approximate surface area is 185 Å². The van der Waals surface area contributed by atoms with Crippen LogP contribution >= 0.6 is 11.8 Å². The standard InChI is InChI=1S/C20H17FN6O4S/c21-13-3-7-15(8-4-13)26-17(9-14-10-18(28)23-19(29)22-14)24-25-20(26)32-11-12-1-5-16(6-2-12)27(30)31/h1-8,14H,9-11H2,(H2,22,23,28,29). The summed E-state index contributed by atoms with van der Waals surface area (Å²) in [6.07, 6.45) is 0.356.